The Morgan fingerprint density at radius 1 is 1.14 bits per heavy atom. The Morgan fingerprint density at radius 3 is 2.68 bits per heavy atom. The van der Waals surface area contributed by atoms with Crippen LogP contribution in [-0.4, -0.2) is 60.6 Å². The molecule has 5 fully saturated rings. The third-order valence-electron chi connectivity index (χ3n) is 10.9. The maximum Gasteiger partial charge on any atom is 0.481 e. The largest absolute Gasteiger partial charge is 0.481 e. The highest BCUT2D eigenvalue weighted by molar-refractivity contribution is 9.10. The maximum atomic E-state index is 13.9. The van der Waals surface area contributed by atoms with Crippen LogP contribution in [0.3, 0.4) is 0 Å². The molecule has 0 spiro atoms. The van der Waals surface area contributed by atoms with Crippen molar-refractivity contribution in [2.75, 3.05) is 13.1 Å². The number of unbranched alkanes of at least 4 members (excludes halogenated alkanes) is 1. The fraction of sp³-hybridized carbons (Fsp3) is 0.588. The molecule has 2 aromatic rings. The van der Waals surface area contributed by atoms with Crippen LogP contribution in [0.15, 0.2) is 53.0 Å². The van der Waals surface area contributed by atoms with Crippen molar-refractivity contribution in [3.05, 3.63) is 69.7 Å². The molecule has 5 aliphatic rings. The highest BCUT2D eigenvalue weighted by Crippen LogP contribution is 2.65. The minimum atomic E-state index is -0.512. The van der Waals surface area contributed by atoms with E-state index in [1.807, 2.05) is 42.5 Å². The number of nitrogens with one attached hydrogen (secondary N) is 1. The standard InChI is InChI=1S/C34H45BBrN3O4.ClH/c1-33(2)25-20-28(33)34(3)29(21-25)42-35(43-34)30(15-6-7-16-37)38-31(40)27-14-9-17-39(27)32(41)24-12-8-10-22(19-24)18-23-11-4-5-13-26(23)36;/h4-5,8,10-13,19,25,27-30H,6-7,9,14-18,20-21,37H2,1-3H3,(H,38,40);1H/t25-,27-,28-,29+,30-,34-;/m0./s1. The number of hydrogen-bond acceptors (Lipinski definition) is 5. The summed E-state index contributed by atoms with van der Waals surface area (Å²) >= 11 is 3.63. The van der Waals surface area contributed by atoms with Crippen LogP contribution in [0, 0.1) is 17.3 Å². The predicted molar refractivity (Wildman–Crippen MR) is 180 cm³/mol. The van der Waals surface area contributed by atoms with E-state index < -0.39 is 13.2 Å². The molecule has 2 bridgehead atoms. The minimum absolute atomic E-state index is 0. The number of carbonyl (C=O) groups excluding carboxylic acids is 2. The molecule has 3 aliphatic carbocycles. The predicted octanol–water partition coefficient (Wildman–Crippen LogP) is 5.95. The van der Waals surface area contributed by atoms with E-state index in [9.17, 15) is 9.59 Å². The molecular weight excluding hydrogens is 641 g/mol. The second-order valence-corrected chi connectivity index (χ2v) is 14.7. The van der Waals surface area contributed by atoms with Gasteiger partial charge in [0.25, 0.3) is 5.91 Å². The van der Waals surface area contributed by atoms with Crippen LogP contribution in [-0.2, 0) is 20.5 Å². The van der Waals surface area contributed by atoms with Gasteiger partial charge in [0.05, 0.1) is 17.6 Å². The van der Waals surface area contributed by atoms with Gasteiger partial charge < -0.3 is 25.3 Å². The number of hydrogen-bond donors (Lipinski definition) is 2. The van der Waals surface area contributed by atoms with Crippen molar-refractivity contribution in [3.63, 3.8) is 0 Å². The summed E-state index contributed by atoms with van der Waals surface area (Å²) in [5.41, 5.74) is 8.56. The Bertz CT molecular complexity index is 1360. The summed E-state index contributed by atoms with van der Waals surface area (Å²) in [4.78, 5) is 29.4. The first kappa shape index (κ1) is 33.5. The van der Waals surface area contributed by atoms with Crippen molar-refractivity contribution in [2.24, 2.45) is 23.0 Å². The summed E-state index contributed by atoms with van der Waals surface area (Å²) in [6, 6.07) is 15.4. The molecule has 3 saturated carbocycles. The van der Waals surface area contributed by atoms with Gasteiger partial charge in [0.1, 0.15) is 6.04 Å². The summed E-state index contributed by atoms with van der Waals surface area (Å²) in [6.07, 6.45) is 6.89. The van der Waals surface area contributed by atoms with E-state index in [2.05, 4.69) is 48.1 Å². The lowest BCUT2D eigenvalue weighted by Gasteiger charge is -2.64. The SMILES string of the molecule is CC1(C)[C@@H]2C[C@H]3OB([C@H](CCCCN)NC(=O)[C@@H]4CCCN4C(=O)c4cccc(Cc5ccccc5Br)c4)O[C@@]3(C)[C@H]1C2.Cl. The number of benzene rings is 2. The molecule has 0 unspecified atom stereocenters. The van der Waals surface area contributed by atoms with Gasteiger partial charge in [0.15, 0.2) is 0 Å². The quantitative estimate of drug-likeness (QED) is 0.238. The fourth-order valence-electron chi connectivity index (χ4n) is 8.26. The summed E-state index contributed by atoms with van der Waals surface area (Å²) in [5, 5.41) is 3.29. The van der Waals surface area contributed by atoms with Crippen LogP contribution in [0.4, 0.5) is 0 Å². The molecule has 2 amide bonds. The van der Waals surface area contributed by atoms with E-state index >= 15 is 0 Å². The van der Waals surface area contributed by atoms with E-state index in [1.165, 1.54) is 6.42 Å². The zero-order valence-electron chi connectivity index (χ0n) is 26.1. The van der Waals surface area contributed by atoms with Crippen molar-refractivity contribution in [1.82, 2.24) is 10.2 Å². The average molecular weight is 687 g/mol. The second-order valence-electron chi connectivity index (χ2n) is 13.9. The number of nitrogens with zero attached hydrogens (tertiary/aromatic N) is 1. The van der Waals surface area contributed by atoms with E-state index in [0.29, 0.717) is 36.9 Å². The molecule has 7 nitrogen and oxygen atoms in total. The molecule has 6 atom stereocenters. The molecule has 0 radical (unpaired) electrons. The molecule has 238 valence electrons. The lowest BCUT2D eigenvalue weighted by atomic mass is 9.43. The summed E-state index contributed by atoms with van der Waals surface area (Å²) in [5.74, 6) is 0.613. The van der Waals surface area contributed by atoms with Crippen LogP contribution in [0.1, 0.15) is 87.2 Å². The Kier molecular flexibility index (Phi) is 10.2. The van der Waals surface area contributed by atoms with Crippen LogP contribution in [0.2, 0.25) is 0 Å². The van der Waals surface area contributed by atoms with Gasteiger partial charge in [-0.15, -0.1) is 12.4 Å². The highest BCUT2D eigenvalue weighted by Gasteiger charge is 2.68. The molecule has 44 heavy (non-hydrogen) atoms. The van der Waals surface area contributed by atoms with Gasteiger partial charge in [-0.05, 0) is 105 Å². The molecular formula is C34H46BBrClN3O4. The van der Waals surface area contributed by atoms with Gasteiger partial charge in [-0.3, -0.25) is 9.59 Å². The zero-order chi connectivity index (χ0) is 30.4. The second kappa shape index (κ2) is 13.4. The molecule has 2 aliphatic heterocycles. The Morgan fingerprint density at radius 2 is 1.93 bits per heavy atom. The van der Waals surface area contributed by atoms with Crippen molar-refractivity contribution < 1.29 is 18.9 Å². The smallest absolute Gasteiger partial charge is 0.404 e. The molecule has 2 saturated heterocycles. The minimum Gasteiger partial charge on any atom is -0.404 e. The molecule has 0 aromatic heterocycles. The van der Waals surface area contributed by atoms with E-state index in [4.69, 9.17) is 15.0 Å². The average Bonchev–Trinajstić information content (AvgIpc) is 3.62. The number of halogens is 2. The van der Waals surface area contributed by atoms with E-state index in [0.717, 1.165) is 54.1 Å². The molecule has 10 heteroatoms. The van der Waals surface area contributed by atoms with Crippen molar-refractivity contribution in [1.29, 1.82) is 0 Å². The summed E-state index contributed by atoms with van der Waals surface area (Å²) in [6.45, 7) is 8.09. The third kappa shape index (κ3) is 6.24. The highest BCUT2D eigenvalue weighted by atomic mass is 79.9. The van der Waals surface area contributed by atoms with Crippen LogP contribution >= 0.6 is 28.3 Å². The van der Waals surface area contributed by atoms with Crippen LogP contribution in [0.25, 0.3) is 0 Å². The Labute approximate surface area is 277 Å². The number of likely N-dealkylation sites (tertiary alicyclic amines) is 1. The molecule has 7 rings (SSSR count). The van der Waals surface area contributed by atoms with Crippen LogP contribution < -0.4 is 11.1 Å². The number of nitrogens with two attached hydrogens (primary N) is 1. The van der Waals surface area contributed by atoms with Gasteiger partial charge in [0, 0.05) is 16.6 Å². The lowest BCUT2D eigenvalue weighted by Crippen LogP contribution is -2.65. The van der Waals surface area contributed by atoms with Gasteiger partial charge in [0.2, 0.25) is 5.91 Å². The number of amides is 2. The van der Waals surface area contributed by atoms with Crippen molar-refractivity contribution >= 4 is 47.3 Å². The van der Waals surface area contributed by atoms with E-state index in [-0.39, 0.29) is 47.3 Å². The zero-order valence-corrected chi connectivity index (χ0v) is 28.5. The number of carbonyl (C=O) groups is 2. The van der Waals surface area contributed by atoms with Gasteiger partial charge in [-0.1, -0.05) is 66.5 Å². The first-order valence-electron chi connectivity index (χ1n) is 16.1. The topological polar surface area (TPSA) is 93.9 Å². The van der Waals surface area contributed by atoms with Gasteiger partial charge in [-0.2, -0.15) is 0 Å². The monoisotopic (exact) mass is 685 g/mol. The first-order valence-corrected chi connectivity index (χ1v) is 16.9. The third-order valence-corrected chi connectivity index (χ3v) is 11.7. The number of rotatable bonds is 10. The molecule has 3 N–H and O–H groups in total. The Balaban J connectivity index is 0.00000384. The van der Waals surface area contributed by atoms with Crippen LogP contribution in [0.5, 0.6) is 0 Å². The van der Waals surface area contributed by atoms with E-state index in [1.54, 1.807) is 4.90 Å². The van der Waals surface area contributed by atoms with Gasteiger partial charge >= 0.3 is 7.12 Å². The normalized spacial score (nSPS) is 28.9. The lowest BCUT2D eigenvalue weighted by molar-refractivity contribution is -0.199. The van der Waals surface area contributed by atoms with Gasteiger partial charge in [-0.25, -0.2) is 0 Å². The molecule has 2 heterocycles. The van der Waals surface area contributed by atoms with Crippen molar-refractivity contribution in [3.8, 4) is 0 Å². The molecule has 2 aromatic carbocycles. The first-order chi connectivity index (χ1) is 20.6. The summed E-state index contributed by atoms with van der Waals surface area (Å²) in [7, 11) is -0.494. The summed E-state index contributed by atoms with van der Waals surface area (Å²) < 4.78 is 14.4. The maximum absolute atomic E-state index is 13.9. The van der Waals surface area contributed by atoms with Crippen molar-refractivity contribution in [2.45, 2.75) is 95.8 Å². The Hall–Kier alpha value is -1.91. The fourth-order valence-corrected chi connectivity index (χ4v) is 8.68.